The Labute approximate surface area is 383 Å². The van der Waals surface area contributed by atoms with Crippen LogP contribution in [-0.4, -0.2) is 64.1 Å². The van der Waals surface area contributed by atoms with Crippen molar-refractivity contribution in [3.8, 4) is 44.8 Å². The molecule has 0 bridgehead atoms. The fraction of sp³-hybridized carbons (Fsp3) is 0. The Balaban J connectivity index is 1.15. The molecule has 0 N–H and O–H groups in total. The van der Waals surface area contributed by atoms with E-state index in [2.05, 4.69) is 132 Å². The van der Waals surface area contributed by atoms with Crippen molar-refractivity contribution in [1.82, 2.24) is 9.13 Å². The number of benzene rings is 9. The van der Waals surface area contributed by atoms with Gasteiger partial charge in [0.1, 0.15) is 54.9 Å². The summed E-state index contributed by atoms with van der Waals surface area (Å²) >= 11 is 1.81. The maximum absolute atomic E-state index is 7.44. The quantitative estimate of drug-likeness (QED) is 0.169. The van der Waals surface area contributed by atoms with Crippen molar-refractivity contribution in [2.45, 2.75) is 0 Å². The first-order chi connectivity index (χ1) is 31.2. The summed E-state index contributed by atoms with van der Waals surface area (Å²) in [6, 6.07) is 56.9. The van der Waals surface area contributed by atoms with Gasteiger partial charge in [-0.15, -0.1) is 22.3 Å². The predicted molar refractivity (Wildman–Crippen MR) is 282 cm³/mol. The summed E-state index contributed by atoms with van der Waals surface area (Å²) in [4.78, 5) is 0. The molecule has 0 fully saturated rings. The number of nitrogens with zero attached hydrogens (tertiary/aromatic N) is 2. The minimum absolute atomic E-state index is 0.177. The SMILES string of the molecule is [B]c1c([B])c([B])c2c(c1[B])c1c([B])c(-c3ccc4c(c3)c3c(-c5ccccc5)cccc3n4-c3cccc4c3sc3ccccc34)c([B])c([B])c1n2-c1ccc(-c2ccccc2)cc1. The molecule has 0 aliphatic heterocycles. The molecule has 0 atom stereocenters. The third-order valence-corrected chi connectivity index (χ3v) is 14.1. The number of thiophene rings is 1. The van der Waals surface area contributed by atoms with E-state index < -0.39 is 0 Å². The summed E-state index contributed by atoms with van der Waals surface area (Å²) in [6.07, 6.45) is 0. The van der Waals surface area contributed by atoms with Crippen LogP contribution in [-0.2, 0) is 0 Å². The maximum atomic E-state index is 7.44. The topological polar surface area (TPSA) is 9.86 Å². The maximum Gasteiger partial charge on any atom is 0.115 e. The van der Waals surface area contributed by atoms with Crippen LogP contribution in [0.2, 0.25) is 0 Å². The molecule has 64 heavy (non-hydrogen) atoms. The highest BCUT2D eigenvalue weighted by Gasteiger charge is 2.26. The molecule has 12 rings (SSSR count). The monoisotopic (exact) mass is 812 g/mol. The van der Waals surface area contributed by atoms with Crippen molar-refractivity contribution in [2.24, 2.45) is 0 Å². The average Bonchev–Trinajstić information content (AvgIpc) is 4.01. The molecule has 9 aromatic carbocycles. The van der Waals surface area contributed by atoms with Gasteiger partial charge in [-0.25, -0.2) is 0 Å². The number of hydrogen-bond donors (Lipinski definition) is 0. The van der Waals surface area contributed by atoms with E-state index >= 15 is 0 Å². The summed E-state index contributed by atoms with van der Waals surface area (Å²) in [6.45, 7) is 0. The fourth-order valence-corrected chi connectivity index (χ4v) is 11.2. The van der Waals surface area contributed by atoms with Crippen LogP contribution in [0.15, 0.2) is 164 Å². The number of fused-ring (bicyclic) bond motifs is 9. The molecule has 14 radical (unpaired) electrons. The molecule has 3 aromatic heterocycles. The van der Waals surface area contributed by atoms with Crippen LogP contribution in [0.4, 0.5) is 0 Å². The van der Waals surface area contributed by atoms with E-state index in [0.29, 0.717) is 43.8 Å². The Hall–Kier alpha value is -6.75. The first-order valence-corrected chi connectivity index (χ1v) is 21.8. The third-order valence-electron chi connectivity index (χ3n) is 12.9. The van der Waals surface area contributed by atoms with E-state index in [1.54, 1.807) is 0 Å². The van der Waals surface area contributed by atoms with E-state index in [1.807, 2.05) is 52.3 Å². The first-order valence-electron chi connectivity index (χ1n) is 21.0. The van der Waals surface area contributed by atoms with Crippen molar-refractivity contribution in [1.29, 1.82) is 0 Å². The highest BCUT2D eigenvalue weighted by atomic mass is 32.1. The molecule has 0 spiro atoms. The van der Waals surface area contributed by atoms with Gasteiger partial charge in [-0.3, -0.25) is 0 Å². The van der Waals surface area contributed by atoms with Gasteiger partial charge in [0, 0.05) is 48.4 Å². The molecule has 0 saturated heterocycles. The lowest BCUT2D eigenvalue weighted by molar-refractivity contribution is 1.19. The number of hydrogen-bond acceptors (Lipinski definition) is 1. The van der Waals surface area contributed by atoms with Crippen molar-refractivity contribution in [2.75, 3.05) is 0 Å². The van der Waals surface area contributed by atoms with Gasteiger partial charge in [0.15, 0.2) is 0 Å². The van der Waals surface area contributed by atoms with Crippen molar-refractivity contribution in [3.63, 3.8) is 0 Å². The molecule has 0 aliphatic carbocycles. The lowest BCUT2D eigenvalue weighted by Crippen LogP contribution is -2.48. The fourth-order valence-electron chi connectivity index (χ4n) is 9.95. The Kier molecular flexibility index (Phi) is 8.91. The zero-order valence-corrected chi connectivity index (χ0v) is 35.2. The average molecular weight is 812 g/mol. The van der Waals surface area contributed by atoms with Gasteiger partial charge < -0.3 is 9.13 Å². The van der Waals surface area contributed by atoms with E-state index in [-0.39, 0.29) is 21.9 Å². The lowest BCUT2D eigenvalue weighted by atomic mass is 9.64. The molecule has 12 aromatic rings. The molecular weight excluding hydrogens is 784 g/mol. The number of rotatable bonds is 5. The normalized spacial score (nSPS) is 11.9. The van der Waals surface area contributed by atoms with Gasteiger partial charge in [-0.2, -0.15) is 0 Å². The van der Waals surface area contributed by atoms with Gasteiger partial charge >= 0.3 is 0 Å². The summed E-state index contributed by atoms with van der Waals surface area (Å²) in [5.41, 5.74) is 12.7. The van der Waals surface area contributed by atoms with Crippen LogP contribution >= 0.6 is 11.3 Å². The van der Waals surface area contributed by atoms with Crippen LogP contribution in [0, 0.1) is 0 Å². The Morgan fingerprint density at radius 2 is 0.953 bits per heavy atom. The largest absolute Gasteiger partial charge is 0.311 e. The second-order valence-electron chi connectivity index (χ2n) is 16.4. The third kappa shape index (κ3) is 5.55. The molecule has 10 heteroatoms. The van der Waals surface area contributed by atoms with E-state index in [0.717, 1.165) is 61.0 Å². The van der Waals surface area contributed by atoms with Gasteiger partial charge in [-0.05, 0) is 81.2 Å². The van der Waals surface area contributed by atoms with Crippen molar-refractivity contribution >= 4 is 168 Å². The van der Waals surface area contributed by atoms with Crippen LogP contribution in [0.25, 0.3) is 109 Å². The standard InChI is InChI=1S/C54H27B7N2S/c55-45-41(46(56)50(60)52-43(45)44-47(57)48(58)49(59)51(61)53(44)62(52)32-24-21-29(22-25-32)28-11-3-1-4-12-28)31-23-26-37-36(27-31)42-33(30-13-5-2-6-14-30)16-9-18-38(42)63(37)39-19-10-17-35-34-15-7-8-20-40(34)64-54(35)39/h1-27H. The van der Waals surface area contributed by atoms with Gasteiger partial charge in [-0.1, -0.05) is 149 Å². The molecule has 0 amide bonds. The van der Waals surface area contributed by atoms with Crippen molar-refractivity contribution in [3.05, 3.63) is 164 Å². The lowest BCUT2D eigenvalue weighted by Gasteiger charge is -2.19. The first kappa shape index (κ1) is 38.9. The predicted octanol–water partition coefficient (Wildman–Crippen LogP) is 6.81. The van der Waals surface area contributed by atoms with Crippen LogP contribution < -0.4 is 38.2 Å². The van der Waals surface area contributed by atoms with Gasteiger partial charge in [0.25, 0.3) is 0 Å². The Morgan fingerprint density at radius 3 is 1.70 bits per heavy atom. The summed E-state index contributed by atoms with van der Waals surface area (Å²) < 4.78 is 6.79. The second-order valence-corrected chi connectivity index (χ2v) is 17.4. The smallest absolute Gasteiger partial charge is 0.115 e. The molecule has 280 valence electrons. The van der Waals surface area contributed by atoms with E-state index in [9.17, 15) is 0 Å². The van der Waals surface area contributed by atoms with Crippen LogP contribution in [0.3, 0.4) is 0 Å². The molecule has 0 aliphatic rings. The summed E-state index contributed by atoms with van der Waals surface area (Å²) in [5, 5.41) is 5.74. The highest BCUT2D eigenvalue weighted by molar-refractivity contribution is 7.26. The Bertz CT molecular complexity index is 3910. The van der Waals surface area contributed by atoms with Gasteiger partial charge in [0.2, 0.25) is 0 Å². The van der Waals surface area contributed by atoms with Gasteiger partial charge in [0.05, 0.1) is 21.4 Å². The van der Waals surface area contributed by atoms with Crippen LogP contribution in [0.1, 0.15) is 0 Å². The second kappa shape index (κ2) is 14.7. The summed E-state index contributed by atoms with van der Waals surface area (Å²) in [5.74, 6) is 0. The number of aromatic nitrogens is 2. The Morgan fingerprint density at radius 1 is 0.359 bits per heavy atom. The zero-order chi connectivity index (χ0) is 43.5. The minimum atomic E-state index is 0.177. The molecule has 0 saturated carbocycles. The van der Waals surface area contributed by atoms with E-state index in [1.165, 1.54) is 20.2 Å². The van der Waals surface area contributed by atoms with E-state index in [4.69, 9.17) is 54.9 Å². The molecule has 3 heterocycles. The minimum Gasteiger partial charge on any atom is -0.311 e. The highest BCUT2D eigenvalue weighted by Crippen LogP contribution is 2.44. The molecular formula is C54H27B7N2S. The molecule has 2 nitrogen and oxygen atoms in total. The zero-order valence-electron chi connectivity index (χ0n) is 34.4. The van der Waals surface area contributed by atoms with Crippen LogP contribution in [0.5, 0.6) is 0 Å². The van der Waals surface area contributed by atoms with Crippen molar-refractivity contribution < 1.29 is 0 Å². The molecule has 0 unspecified atom stereocenters. The summed E-state index contributed by atoms with van der Waals surface area (Å²) in [7, 11) is 48.9.